The van der Waals surface area contributed by atoms with Crippen LogP contribution in [0.15, 0.2) is 0 Å². The van der Waals surface area contributed by atoms with E-state index in [-0.39, 0.29) is 12.0 Å². The van der Waals surface area contributed by atoms with E-state index in [1.165, 1.54) is 19.3 Å². The van der Waals surface area contributed by atoms with Crippen LogP contribution in [0, 0.1) is 5.92 Å². The number of β-amino-alcohol motifs (C(OH)–C–C–N with tert-alkyl or cyclic N) is 1. The number of hydrogen-bond acceptors (Lipinski definition) is 2. The Morgan fingerprint density at radius 1 is 1.07 bits per heavy atom. The van der Waals surface area contributed by atoms with E-state index in [1.54, 1.807) is 0 Å². The molecule has 1 N–H and O–H groups in total. The summed E-state index contributed by atoms with van der Waals surface area (Å²) < 4.78 is 0. The van der Waals surface area contributed by atoms with Crippen molar-refractivity contribution in [2.45, 2.75) is 51.0 Å². The summed E-state index contributed by atoms with van der Waals surface area (Å²) in [5.74, 6) is 0.553. The van der Waals surface area contributed by atoms with Gasteiger partial charge >= 0.3 is 0 Å². The molecule has 1 aliphatic carbocycles. The van der Waals surface area contributed by atoms with Crippen LogP contribution < -0.4 is 0 Å². The van der Waals surface area contributed by atoms with Crippen LogP contribution in [0.25, 0.3) is 0 Å². The quantitative estimate of drug-likeness (QED) is 0.715. The van der Waals surface area contributed by atoms with Gasteiger partial charge in [0.05, 0.1) is 6.10 Å². The van der Waals surface area contributed by atoms with Crippen molar-refractivity contribution in [3.8, 4) is 0 Å². The molecule has 3 nitrogen and oxygen atoms in total. The fourth-order valence-electron chi connectivity index (χ4n) is 2.76. The lowest BCUT2D eigenvalue weighted by Gasteiger charge is -2.34. The molecule has 0 radical (unpaired) electrons. The molecule has 2 fully saturated rings. The first-order chi connectivity index (χ1) is 7.27. The summed E-state index contributed by atoms with van der Waals surface area (Å²) in [6.45, 7) is 1.42. The Kier molecular flexibility index (Phi) is 3.62. The molecule has 0 spiro atoms. The van der Waals surface area contributed by atoms with Gasteiger partial charge in [-0.25, -0.2) is 0 Å². The highest BCUT2D eigenvalue weighted by Gasteiger charge is 2.28. The van der Waals surface area contributed by atoms with Crippen LogP contribution in [0.2, 0.25) is 0 Å². The highest BCUT2D eigenvalue weighted by atomic mass is 16.3. The molecule has 0 aromatic heterocycles. The monoisotopic (exact) mass is 211 g/mol. The van der Waals surface area contributed by atoms with E-state index in [1.807, 2.05) is 4.90 Å². The minimum atomic E-state index is -0.286. The summed E-state index contributed by atoms with van der Waals surface area (Å²) in [6.07, 6.45) is 7.34. The van der Waals surface area contributed by atoms with Crippen molar-refractivity contribution in [2.75, 3.05) is 13.1 Å². The molecule has 2 aliphatic rings. The van der Waals surface area contributed by atoms with E-state index in [2.05, 4.69) is 0 Å². The van der Waals surface area contributed by atoms with Crippen LogP contribution in [0.3, 0.4) is 0 Å². The first-order valence-electron chi connectivity index (χ1n) is 6.24. The number of aliphatic hydroxyl groups excluding tert-OH is 1. The van der Waals surface area contributed by atoms with Gasteiger partial charge in [-0.3, -0.25) is 4.79 Å². The third-order valence-corrected chi connectivity index (χ3v) is 3.66. The van der Waals surface area contributed by atoms with Gasteiger partial charge in [0.15, 0.2) is 0 Å². The second kappa shape index (κ2) is 4.97. The summed E-state index contributed by atoms with van der Waals surface area (Å²) in [4.78, 5) is 14.0. The highest BCUT2D eigenvalue weighted by Crippen LogP contribution is 2.26. The number of rotatable bonds is 1. The van der Waals surface area contributed by atoms with Crippen LogP contribution in [-0.2, 0) is 4.79 Å². The predicted octanol–water partition coefficient (Wildman–Crippen LogP) is 1.55. The van der Waals surface area contributed by atoms with Crippen LogP contribution in [-0.4, -0.2) is 35.1 Å². The van der Waals surface area contributed by atoms with Crippen LogP contribution in [0.5, 0.6) is 0 Å². The molecule has 3 heteroatoms. The van der Waals surface area contributed by atoms with Crippen molar-refractivity contribution < 1.29 is 9.90 Å². The van der Waals surface area contributed by atoms with E-state index < -0.39 is 0 Å². The molecule has 0 aromatic carbocycles. The third kappa shape index (κ3) is 2.71. The number of amides is 1. The average molecular weight is 211 g/mol. The Morgan fingerprint density at radius 3 is 2.47 bits per heavy atom. The minimum Gasteiger partial charge on any atom is -0.391 e. The van der Waals surface area contributed by atoms with Crippen molar-refractivity contribution in [2.24, 2.45) is 5.92 Å². The van der Waals surface area contributed by atoms with Crippen molar-refractivity contribution in [1.82, 2.24) is 4.90 Å². The molecule has 1 unspecified atom stereocenters. The smallest absolute Gasteiger partial charge is 0.225 e. The predicted molar refractivity (Wildman–Crippen MR) is 58.4 cm³/mol. The van der Waals surface area contributed by atoms with Gasteiger partial charge < -0.3 is 10.0 Å². The highest BCUT2D eigenvalue weighted by molar-refractivity contribution is 5.79. The van der Waals surface area contributed by atoms with Crippen molar-refractivity contribution in [3.05, 3.63) is 0 Å². The number of likely N-dealkylation sites (tertiary alicyclic amines) is 1. The summed E-state index contributed by atoms with van der Waals surface area (Å²) in [6, 6.07) is 0. The minimum absolute atomic E-state index is 0.254. The van der Waals surface area contributed by atoms with Gasteiger partial charge in [0.2, 0.25) is 5.91 Å². The maximum Gasteiger partial charge on any atom is 0.225 e. The number of aliphatic hydroxyl groups is 1. The Labute approximate surface area is 91.5 Å². The summed E-state index contributed by atoms with van der Waals surface area (Å²) in [5, 5.41) is 9.53. The van der Waals surface area contributed by atoms with Crippen LogP contribution in [0.4, 0.5) is 0 Å². The zero-order valence-corrected chi connectivity index (χ0v) is 9.32. The lowest BCUT2D eigenvalue weighted by molar-refractivity contribution is -0.139. The average Bonchev–Trinajstić information content (AvgIpc) is 2.29. The molecule has 86 valence electrons. The maximum absolute atomic E-state index is 12.1. The Hall–Kier alpha value is -0.570. The fourth-order valence-corrected chi connectivity index (χ4v) is 2.76. The Balaban J connectivity index is 1.88. The molecule has 1 atom stereocenters. The summed E-state index contributed by atoms with van der Waals surface area (Å²) in [7, 11) is 0. The van der Waals surface area contributed by atoms with E-state index in [4.69, 9.17) is 0 Å². The second-order valence-corrected chi connectivity index (χ2v) is 4.92. The number of carbonyl (C=O) groups is 1. The standard InChI is InChI=1S/C12H21NO2/c14-11-7-4-8-13(9-11)12(15)10-5-2-1-3-6-10/h10-11,14H,1-9H2. The fraction of sp³-hybridized carbons (Fsp3) is 0.917. The first-order valence-corrected chi connectivity index (χ1v) is 6.24. The number of hydrogen-bond donors (Lipinski definition) is 1. The normalized spacial score (nSPS) is 29.1. The number of piperidine rings is 1. The molecule has 1 aliphatic heterocycles. The lowest BCUT2D eigenvalue weighted by Crippen LogP contribution is -2.45. The van der Waals surface area contributed by atoms with Crippen LogP contribution in [0.1, 0.15) is 44.9 Å². The first kappa shape index (κ1) is 10.9. The van der Waals surface area contributed by atoms with Gasteiger partial charge in [0, 0.05) is 19.0 Å². The van der Waals surface area contributed by atoms with Crippen molar-refractivity contribution >= 4 is 5.91 Å². The van der Waals surface area contributed by atoms with Crippen LogP contribution >= 0.6 is 0 Å². The lowest BCUT2D eigenvalue weighted by atomic mass is 9.88. The van der Waals surface area contributed by atoms with Gasteiger partial charge in [-0.2, -0.15) is 0 Å². The van der Waals surface area contributed by atoms with Crippen molar-refractivity contribution in [1.29, 1.82) is 0 Å². The molecule has 1 saturated heterocycles. The zero-order valence-electron chi connectivity index (χ0n) is 9.32. The van der Waals surface area contributed by atoms with Gasteiger partial charge in [0.25, 0.3) is 0 Å². The molecular formula is C12H21NO2. The van der Waals surface area contributed by atoms with E-state index in [0.717, 1.165) is 32.2 Å². The zero-order chi connectivity index (χ0) is 10.7. The Morgan fingerprint density at radius 2 is 1.80 bits per heavy atom. The van der Waals surface area contributed by atoms with Crippen molar-refractivity contribution in [3.63, 3.8) is 0 Å². The van der Waals surface area contributed by atoms with Gasteiger partial charge in [-0.1, -0.05) is 19.3 Å². The summed E-state index contributed by atoms with van der Waals surface area (Å²) in [5.41, 5.74) is 0. The molecule has 0 aromatic rings. The third-order valence-electron chi connectivity index (χ3n) is 3.66. The molecule has 15 heavy (non-hydrogen) atoms. The SMILES string of the molecule is O=C(C1CCCCC1)N1CCCC(O)C1. The summed E-state index contributed by atoms with van der Waals surface area (Å²) >= 11 is 0. The van der Waals surface area contributed by atoms with Gasteiger partial charge in [-0.15, -0.1) is 0 Å². The maximum atomic E-state index is 12.1. The topological polar surface area (TPSA) is 40.5 Å². The van der Waals surface area contributed by atoms with E-state index in [9.17, 15) is 9.90 Å². The molecule has 0 bridgehead atoms. The van der Waals surface area contributed by atoms with E-state index in [0.29, 0.717) is 12.5 Å². The largest absolute Gasteiger partial charge is 0.391 e. The number of carbonyl (C=O) groups excluding carboxylic acids is 1. The Bertz CT molecular complexity index is 224. The van der Waals surface area contributed by atoms with Gasteiger partial charge in [-0.05, 0) is 25.7 Å². The molecule has 1 heterocycles. The molecular weight excluding hydrogens is 190 g/mol. The molecule has 2 rings (SSSR count). The molecule has 1 amide bonds. The second-order valence-electron chi connectivity index (χ2n) is 4.92. The number of nitrogens with zero attached hydrogens (tertiary/aromatic N) is 1. The van der Waals surface area contributed by atoms with E-state index >= 15 is 0 Å². The molecule has 1 saturated carbocycles. The van der Waals surface area contributed by atoms with Gasteiger partial charge in [0.1, 0.15) is 0 Å².